The maximum absolute atomic E-state index is 2.92. The van der Waals surface area contributed by atoms with Gasteiger partial charge in [0.2, 0.25) is 0 Å². The van der Waals surface area contributed by atoms with E-state index < -0.39 is 4.40 Å². The van der Waals surface area contributed by atoms with E-state index in [-0.39, 0.29) is 0 Å². The first kappa shape index (κ1) is 19.9. The molecule has 0 spiro atoms. The van der Waals surface area contributed by atoms with Crippen LogP contribution in [0.3, 0.4) is 0 Å². The summed E-state index contributed by atoms with van der Waals surface area (Å²) in [7, 11) is 0. The van der Waals surface area contributed by atoms with Crippen molar-refractivity contribution in [3.8, 4) is 0 Å². The van der Waals surface area contributed by atoms with E-state index in [9.17, 15) is 0 Å². The third-order valence-electron chi connectivity index (χ3n) is 6.33. The van der Waals surface area contributed by atoms with Crippen LogP contribution in [0.1, 0.15) is 18.5 Å². The molecule has 4 aromatic carbocycles. The van der Waals surface area contributed by atoms with Gasteiger partial charge < -0.3 is 0 Å². The average Bonchev–Trinajstić information content (AvgIpc) is 3.53. The average molecular weight is 521 g/mol. The molecule has 1 heterocycles. The molecule has 0 bridgehead atoms. The summed E-state index contributed by atoms with van der Waals surface area (Å²) in [4.78, 5) is 0. The summed E-state index contributed by atoms with van der Waals surface area (Å²) < 4.78 is -0.111. The number of nitrogens with zero attached hydrogens (tertiary/aromatic N) is 1. The van der Waals surface area contributed by atoms with Crippen LogP contribution in [-0.2, 0) is 0 Å². The summed E-state index contributed by atoms with van der Waals surface area (Å²) in [6, 6.07) is 45.3. The van der Waals surface area contributed by atoms with Gasteiger partial charge in [0.1, 0.15) is 0 Å². The molecule has 30 heavy (non-hydrogen) atoms. The molecule has 1 nitrogen and oxygen atoms in total. The number of hydrogen-bond acceptors (Lipinski definition) is 1. The molecule has 3 atom stereocenters. The predicted octanol–water partition coefficient (Wildman–Crippen LogP) is 6.23. The number of benzene rings is 4. The van der Waals surface area contributed by atoms with Crippen LogP contribution in [0.15, 0.2) is 121 Å². The van der Waals surface area contributed by atoms with Crippen molar-refractivity contribution in [2.45, 2.75) is 19.0 Å². The van der Waals surface area contributed by atoms with Crippen molar-refractivity contribution in [2.24, 2.45) is 0 Å². The van der Waals surface area contributed by atoms with Gasteiger partial charge in [-0.3, -0.25) is 0 Å². The first-order chi connectivity index (χ1) is 14.7. The Hall–Kier alpha value is -2.00. The molecular formula is C27H25INP. The van der Waals surface area contributed by atoms with Gasteiger partial charge in [0, 0.05) is 0 Å². The van der Waals surface area contributed by atoms with Gasteiger partial charge in [-0.1, -0.05) is 0 Å². The quantitative estimate of drug-likeness (QED) is 0.171. The van der Waals surface area contributed by atoms with Crippen molar-refractivity contribution >= 4 is 42.4 Å². The van der Waals surface area contributed by atoms with Gasteiger partial charge in [-0.2, -0.15) is 0 Å². The first-order valence-electron chi connectivity index (χ1n) is 10.4. The number of halogens is 1. The van der Waals surface area contributed by atoms with Crippen molar-refractivity contribution in [1.82, 2.24) is 4.67 Å². The summed E-state index contributed by atoms with van der Waals surface area (Å²) in [6.45, 7) is 2.38. The second kappa shape index (κ2) is 7.60. The van der Waals surface area contributed by atoms with Gasteiger partial charge in [-0.15, -0.1) is 0 Å². The van der Waals surface area contributed by atoms with Crippen molar-refractivity contribution in [3.63, 3.8) is 0 Å². The van der Waals surface area contributed by atoms with Crippen molar-refractivity contribution in [1.29, 1.82) is 0 Å². The molecule has 5 rings (SSSR count). The minimum atomic E-state index is -2.92. The van der Waals surface area contributed by atoms with Gasteiger partial charge in [-0.05, 0) is 0 Å². The molecule has 1 aliphatic heterocycles. The van der Waals surface area contributed by atoms with Crippen LogP contribution in [0.4, 0.5) is 0 Å². The summed E-state index contributed by atoms with van der Waals surface area (Å²) in [5.41, 5.74) is 1.40. The molecule has 0 N–H and O–H groups in total. The predicted molar refractivity (Wildman–Crippen MR) is 140 cm³/mol. The zero-order valence-corrected chi connectivity index (χ0v) is 20.0. The fourth-order valence-electron chi connectivity index (χ4n) is 4.94. The second-order valence-electron chi connectivity index (χ2n) is 7.95. The Morgan fingerprint density at radius 1 is 0.567 bits per heavy atom. The molecule has 4 aromatic rings. The van der Waals surface area contributed by atoms with Crippen LogP contribution in [-0.4, -0.2) is 10.7 Å². The van der Waals surface area contributed by atoms with Gasteiger partial charge in [0.25, 0.3) is 0 Å². The zero-order valence-electron chi connectivity index (χ0n) is 17.0. The SMILES string of the molecule is C[C@@H]1[C@H](c2ccccc2)N1P(I)(c1ccccc1)(c1ccccc1)c1ccccc1. The van der Waals surface area contributed by atoms with Gasteiger partial charge in [0.15, 0.2) is 0 Å². The van der Waals surface area contributed by atoms with Gasteiger partial charge >= 0.3 is 193 Å². The molecule has 3 heteroatoms. The molecule has 150 valence electrons. The molecule has 0 aromatic heterocycles. The fraction of sp³-hybridized carbons (Fsp3) is 0.111. The molecule has 0 radical (unpaired) electrons. The van der Waals surface area contributed by atoms with Crippen LogP contribution in [0.2, 0.25) is 0 Å². The van der Waals surface area contributed by atoms with E-state index in [0.29, 0.717) is 12.1 Å². The molecule has 0 saturated carbocycles. The minimum absolute atomic E-state index is 0.404. The van der Waals surface area contributed by atoms with E-state index in [2.05, 4.69) is 155 Å². The van der Waals surface area contributed by atoms with Crippen molar-refractivity contribution in [3.05, 3.63) is 127 Å². The summed E-state index contributed by atoms with van der Waals surface area (Å²) in [5.74, 6) is 0. The van der Waals surface area contributed by atoms with Crippen molar-refractivity contribution < 1.29 is 0 Å². The number of rotatable bonds is 5. The van der Waals surface area contributed by atoms with E-state index in [0.717, 1.165) is 0 Å². The molecule has 0 amide bonds. The second-order valence-corrected chi connectivity index (χ2v) is 17.5. The summed E-state index contributed by atoms with van der Waals surface area (Å²) in [5, 5.41) is 4.23. The fourth-order valence-corrected chi connectivity index (χ4v) is 15.2. The molecule has 1 fully saturated rings. The Balaban J connectivity index is 1.85. The normalized spacial score (nSPS) is 22.1. The van der Waals surface area contributed by atoms with Crippen LogP contribution in [0, 0.1) is 0 Å². The monoisotopic (exact) mass is 521 g/mol. The first-order valence-corrected chi connectivity index (χ1v) is 15.4. The third kappa shape index (κ3) is 2.81. The van der Waals surface area contributed by atoms with Crippen LogP contribution >= 0.6 is 26.4 Å². The van der Waals surface area contributed by atoms with E-state index >= 15 is 0 Å². The van der Waals surface area contributed by atoms with Crippen molar-refractivity contribution in [2.75, 3.05) is 0 Å². The van der Waals surface area contributed by atoms with Gasteiger partial charge in [0.05, 0.1) is 0 Å². The van der Waals surface area contributed by atoms with Gasteiger partial charge in [-0.25, -0.2) is 0 Å². The Labute approximate surface area is 192 Å². The standard InChI is InChI=1S/C27H25INP/c1-22-27(23-14-6-2-7-15-23)29(22)30(28,24-16-8-3-9-17-24,25-18-10-4-11-19-25)26-20-12-5-13-21-26/h2-22,27H,1H3/t22-,27-,29?/m1/s1. The Morgan fingerprint density at radius 3 is 1.27 bits per heavy atom. The summed E-state index contributed by atoms with van der Waals surface area (Å²) in [6.07, 6.45) is 0. The third-order valence-corrected chi connectivity index (χ3v) is 18.0. The van der Waals surface area contributed by atoms with Crippen LogP contribution in [0.5, 0.6) is 0 Å². The molecule has 0 aliphatic carbocycles. The molecule has 1 aliphatic rings. The topological polar surface area (TPSA) is 3.01 Å². The number of hydrogen-bond donors (Lipinski definition) is 0. The molecular weight excluding hydrogens is 496 g/mol. The molecule has 1 unspecified atom stereocenters. The summed E-state index contributed by atoms with van der Waals surface area (Å²) >= 11 is 2.87. The Morgan fingerprint density at radius 2 is 0.900 bits per heavy atom. The van der Waals surface area contributed by atoms with E-state index in [1.807, 2.05) is 0 Å². The Bertz CT molecular complexity index is 1030. The maximum atomic E-state index is 2.87. The van der Waals surface area contributed by atoms with E-state index in [4.69, 9.17) is 0 Å². The van der Waals surface area contributed by atoms with Crippen LogP contribution < -0.4 is 15.9 Å². The van der Waals surface area contributed by atoms with E-state index in [1.165, 1.54) is 21.5 Å². The zero-order chi connectivity index (χ0) is 20.6. The van der Waals surface area contributed by atoms with Crippen LogP contribution in [0.25, 0.3) is 0 Å². The Kier molecular flexibility index (Phi) is 5.05. The van der Waals surface area contributed by atoms with E-state index in [1.54, 1.807) is 0 Å². The molecule has 1 saturated heterocycles.